The van der Waals surface area contributed by atoms with Crippen LogP contribution in [0.3, 0.4) is 0 Å². The topological polar surface area (TPSA) is 46.2 Å². The molecule has 0 aliphatic rings. The van der Waals surface area contributed by atoms with E-state index in [9.17, 15) is 5.11 Å². The number of aromatic hydroxyl groups is 1. The molecule has 3 heteroatoms. The lowest BCUT2D eigenvalue weighted by molar-refractivity contribution is 0.458. The van der Waals surface area contributed by atoms with Crippen LogP contribution in [0.5, 0.6) is 5.75 Å². The summed E-state index contributed by atoms with van der Waals surface area (Å²) in [5.74, 6) is 0.0993. The fourth-order valence-electron chi connectivity index (χ4n) is 2.17. The van der Waals surface area contributed by atoms with E-state index in [1.165, 1.54) is 0 Å². The van der Waals surface area contributed by atoms with Gasteiger partial charge in [-0.05, 0) is 29.7 Å². The van der Waals surface area contributed by atoms with Crippen LogP contribution in [0.2, 0.25) is 5.02 Å². The molecule has 0 bridgehead atoms. The average Bonchev–Trinajstić information content (AvgIpc) is 2.43. The zero-order valence-electron chi connectivity index (χ0n) is 10.9. The molecule has 0 amide bonds. The van der Waals surface area contributed by atoms with E-state index in [2.05, 4.69) is 6.92 Å². The lowest BCUT2D eigenvalue weighted by Crippen LogP contribution is -2.10. The van der Waals surface area contributed by atoms with Crippen molar-refractivity contribution in [2.24, 2.45) is 5.73 Å². The van der Waals surface area contributed by atoms with Crippen molar-refractivity contribution in [3.05, 3.63) is 53.1 Å². The number of halogens is 1. The van der Waals surface area contributed by atoms with Crippen molar-refractivity contribution in [3.63, 3.8) is 0 Å². The zero-order chi connectivity index (χ0) is 13.8. The lowest BCUT2D eigenvalue weighted by Gasteiger charge is -2.15. The average molecular weight is 276 g/mol. The van der Waals surface area contributed by atoms with E-state index in [1.807, 2.05) is 36.4 Å². The van der Waals surface area contributed by atoms with Gasteiger partial charge in [0, 0.05) is 11.6 Å². The fraction of sp³-hybridized carbons (Fsp3) is 0.250. The molecule has 1 unspecified atom stereocenters. The van der Waals surface area contributed by atoms with Gasteiger partial charge in [0.1, 0.15) is 5.75 Å². The summed E-state index contributed by atoms with van der Waals surface area (Å²) in [5.41, 5.74) is 8.86. The van der Waals surface area contributed by atoms with Crippen LogP contribution in [0.25, 0.3) is 11.1 Å². The number of nitrogens with two attached hydrogens (primary N) is 1. The Morgan fingerprint density at radius 2 is 1.84 bits per heavy atom. The molecule has 2 rings (SSSR count). The molecule has 0 spiro atoms. The first-order valence-corrected chi connectivity index (χ1v) is 6.84. The molecule has 0 heterocycles. The van der Waals surface area contributed by atoms with Gasteiger partial charge < -0.3 is 10.8 Å². The van der Waals surface area contributed by atoms with Gasteiger partial charge in [-0.25, -0.2) is 0 Å². The normalized spacial score (nSPS) is 12.4. The number of phenols is 1. The Labute approximate surface area is 118 Å². The molecule has 0 fully saturated rings. The zero-order valence-corrected chi connectivity index (χ0v) is 11.7. The minimum absolute atomic E-state index is 0.0993. The predicted octanol–water partition coefficient (Wildman–Crippen LogP) is 4.51. The minimum Gasteiger partial charge on any atom is -0.506 e. The Bertz CT molecular complexity index is 554. The highest BCUT2D eigenvalue weighted by Crippen LogP contribution is 2.37. The first-order valence-electron chi connectivity index (χ1n) is 6.47. The Morgan fingerprint density at radius 1 is 1.16 bits per heavy atom. The van der Waals surface area contributed by atoms with Gasteiger partial charge in [0.05, 0.1) is 5.02 Å². The smallest absolute Gasteiger partial charge is 0.138 e. The highest BCUT2D eigenvalue weighted by Gasteiger charge is 2.15. The van der Waals surface area contributed by atoms with Crippen molar-refractivity contribution >= 4 is 11.6 Å². The van der Waals surface area contributed by atoms with Gasteiger partial charge >= 0.3 is 0 Å². The van der Waals surface area contributed by atoms with E-state index in [-0.39, 0.29) is 11.8 Å². The summed E-state index contributed by atoms with van der Waals surface area (Å²) < 4.78 is 0. The van der Waals surface area contributed by atoms with Crippen molar-refractivity contribution in [3.8, 4) is 16.9 Å². The molecular formula is C16H18ClNO. The van der Waals surface area contributed by atoms with E-state index in [1.54, 1.807) is 6.07 Å². The van der Waals surface area contributed by atoms with Gasteiger partial charge in [-0.3, -0.25) is 0 Å². The van der Waals surface area contributed by atoms with Gasteiger partial charge in [-0.2, -0.15) is 0 Å². The summed E-state index contributed by atoms with van der Waals surface area (Å²) >= 11 is 6.11. The van der Waals surface area contributed by atoms with Crippen LogP contribution in [0.4, 0.5) is 0 Å². The molecule has 2 aromatic carbocycles. The van der Waals surface area contributed by atoms with Crippen LogP contribution >= 0.6 is 11.6 Å². The van der Waals surface area contributed by atoms with Crippen LogP contribution in [-0.2, 0) is 0 Å². The maximum Gasteiger partial charge on any atom is 0.138 e. The molecule has 0 aromatic heterocycles. The van der Waals surface area contributed by atoms with Gasteiger partial charge in [0.2, 0.25) is 0 Å². The number of rotatable bonds is 4. The highest BCUT2D eigenvalue weighted by molar-refractivity contribution is 6.32. The fourth-order valence-corrected chi connectivity index (χ4v) is 2.39. The molecule has 2 aromatic rings. The van der Waals surface area contributed by atoms with Crippen molar-refractivity contribution in [2.45, 2.75) is 25.8 Å². The molecule has 19 heavy (non-hydrogen) atoms. The summed E-state index contributed by atoms with van der Waals surface area (Å²) in [5, 5.41) is 10.4. The third-order valence-electron chi connectivity index (χ3n) is 3.20. The second-order valence-electron chi connectivity index (χ2n) is 4.66. The molecular weight excluding hydrogens is 258 g/mol. The van der Waals surface area contributed by atoms with Crippen LogP contribution in [0, 0.1) is 0 Å². The molecule has 0 aliphatic heterocycles. The Kier molecular flexibility index (Phi) is 4.46. The Hall–Kier alpha value is -1.51. The maximum absolute atomic E-state index is 10.1. The number of benzene rings is 2. The summed E-state index contributed by atoms with van der Waals surface area (Å²) in [4.78, 5) is 0. The van der Waals surface area contributed by atoms with E-state index in [0.29, 0.717) is 10.6 Å². The first-order chi connectivity index (χ1) is 9.13. The predicted molar refractivity (Wildman–Crippen MR) is 80.4 cm³/mol. The third kappa shape index (κ3) is 3.09. The van der Waals surface area contributed by atoms with Crippen molar-refractivity contribution in [1.82, 2.24) is 0 Å². The van der Waals surface area contributed by atoms with Gasteiger partial charge in [0.25, 0.3) is 0 Å². The number of hydrogen-bond acceptors (Lipinski definition) is 2. The molecule has 0 radical (unpaired) electrons. The molecule has 3 N–H and O–H groups in total. The van der Waals surface area contributed by atoms with Crippen LogP contribution in [0.15, 0.2) is 42.5 Å². The van der Waals surface area contributed by atoms with Crippen LogP contribution < -0.4 is 5.73 Å². The van der Waals surface area contributed by atoms with E-state index >= 15 is 0 Å². The first kappa shape index (κ1) is 13.9. The van der Waals surface area contributed by atoms with Crippen LogP contribution in [-0.4, -0.2) is 5.11 Å². The van der Waals surface area contributed by atoms with E-state index in [4.69, 9.17) is 17.3 Å². The van der Waals surface area contributed by atoms with E-state index < -0.39 is 0 Å². The maximum atomic E-state index is 10.1. The standard InChI is InChI=1S/C16H18ClNO/c1-2-6-15(18)13-9-12(10-14(17)16(13)19)11-7-4-3-5-8-11/h3-5,7-10,15,19H,2,6,18H2,1H3. The summed E-state index contributed by atoms with van der Waals surface area (Å²) in [6.07, 6.45) is 1.79. The largest absolute Gasteiger partial charge is 0.506 e. The van der Waals surface area contributed by atoms with Crippen LogP contribution in [0.1, 0.15) is 31.4 Å². The van der Waals surface area contributed by atoms with Crippen molar-refractivity contribution in [2.75, 3.05) is 0 Å². The Morgan fingerprint density at radius 3 is 2.47 bits per heavy atom. The monoisotopic (exact) mass is 275 g/mol. The molecule has 0 aliphatic carbocycles. The minimum atomic E-state index is -0.189. The molecule has 0 saturated heterocycles. The van der Waals surface area contributed by atoms with Gasteiger partial charge in [-0.1, -0.05) is 55.3 Å². The molecule has 100 valence electrons. The van der Waals surface area contributed by atoms with E-state index in [0.717, 1.165) is 24.0 Å². The van der Waals surface area contributed by atoms with Gasteiger partial charge in [-0.15, -0.1) is 0 Å². The number of hydrogen-bond donors (Lipinski definition) is 2. The second kappa shape index (κ2) is 6.09. The van der Waals surface area contributed by atoms with Crippen molar-refractivity contribution < 1.29 is 5.11 Å². The summed E-state index contributed by atoms with van der Waals surface area (Å²) in [6, 6.07) is 13.4. The SMILES string of the molecule is CCCC(N)c1cc(-c2ccccc2)cc(Cl)c1O. The third-order valence-corrected chi connectivity index (χ3v) is 3.49. The number of phenolic OH excluding ortho intramolecular Hbond substituents is 1. The quantitative estimate of drug-likeness (QED) is 0.862. The highest BCUT2D eigenvalue weighted by atomic mass is 35.5. The molecule has 1 atom stereocenters. The summed E-state index contributed by atoms with van der Waals surface area (Å²) in [7, 11) is 0. The second-order valence-corrected chi connectivity index (χ2v) is 5.06. The Balaban J connectivity index is 2.48. The lowest BCUT2D eigenvalue weighted by atomic mass is 9.97. The molecule has 0 saturated carbocycles. The summed E-state index contributed by atoms with van der Waals surface area (Å²) in [6.45, 7) is 2.07. The molecule has 2 nitrogen and oxygen atoms in total. The van der Waals surface area contributed by atoms with Crippen molar-refractivity contribution in [1.29, 1.82) is 0 Å². The van der Waals surface area contributed by atoms with Gasteiger partial charge in [0.15, 0.2) is 0 Å².